The van der Waals surface area contributed by atoms with Crippen LogP contribution >= 0.6 is 26.7 Å². The molecule has 1 heterocycles. The Morgan fingerprint density at radius 1 is 1.56 bits per heavy atom. The summed E-state index contributed by atoms with van der Waals surface area (Å²) in [4.78, 5) is 0. The second kappa shape index (κ2) is 2.92. The third-order valence-electron chi connectivity index (χ3n) is 0.945. The van der Waals surface area contributed by atoms with Gasteiger partial charge in [0.1, 0.15) is 0 Å². The maximum atomic E-state index is 8.64. The number of halogens is 1. The van der Waals surface area contributed by atoms with Crippen LogP contribution in [0.5, 0.6) is 0 Å². The van der Waals surface area contributed by atoms with E-state index in [0.29, 0.717) is 0 Å². The molecule has 0 aromatic carbocycles. The normalized spacial score (nSPS) is 28.3. The van der Waals surface area contributed by atoms with Crippen LogP contribution in [0.3, 0.4) is 0 Å². The summed E-state index contributed by atoms with van der Waals surface area (Å²) >= 11 is 3.22. The Morgan fingerprint density at radius 3 is 2.44 bits per heavy atom. The number of hydrogen-bond donors (Lipinski definition) is 3. The molecule has 0 amide bonds. The monoisotopic (exact) mass is 208 g/mol. The maximum absolute atomic E-state index is 8.64. The molecule has 0 radical (unpaired) electrons. The van der Waals surface area contributed by atoms with E-state index in [1.54, 1.807) is 10.8 Å². The van der Waals surface area contributed by atoms with Gasteiger partial charge in [0, 0.05) is 4.48 Å². The highest BCUT2D eigenvalue weighted by atomic mass is 79.9. The van der Waals surface area contributed by atoms with Crippen LogP contribution in [0.4, 0.5) is 0 Å². The van der Waals surface area contributed by atoms with Gasteiger partial charge in [-0.25, -0.2) is 0 Å². The molecule has 9 heavy (non-hydrogen) atoms. The standard InChI is InChI=1S/C4H6BBrO2S/c6-4-1-2-9(3-4)5(7)8/h1-3,7-9H. The third-order valence-corrected chi connectivity index (χ3v) is 3.40. The maximum Gasteiger partial charge on any atom is 0.514 e. The molecule has 0 bridgehead atoms. The van der Waals surface area contributed by atoms with Gasteiger partial charge in [-0.05, 0) is 16.9 Å². The molecule has 0 aromatic rings. The van der Waals surface area contributed by atoms with Crippen molar-refractivity contribution in [3.63, 3.8) is 0 Å². The van der Waals surface area contributed by atoms with Gasteiger partial charge in [-0.1, -0.05) is 15.9 Å². The summed E-state index contributed by atoms with van der Waals surface area (Å²) in [7, 11) is -0.822. The molecule has 0 aliphatic carbocycles. The van der Waals surface area contributed by atoms with Crippen LogP contribution in [0.2, 0.25) is 0 Å². The number of hydrogen-bond acceptors (Lipinski definition) is 2. The molecule has 0 aromatic heterocycles. The Balaban J connectivity index is 2.59. The molecule has 1 aliphatic rings. The van der Waals surface area contributed by atoms with Crippen molar-refractivity contribution in [1.82, 2.24) is 0 Å². The van der Waals surface area contributed by atoms with Crippen molar-refractivity contribution in [2.75, 3.05) is 0 Å². The predicted molar refractivity (Wildman–Crippen MR) is 45.3 cm³/mol. The smallest absolute Gasteiger partial charge is 0.418 e. The molecule has 0 saturated carbocycles. The topological polar surface area (TPSA) is 40.5 Å². The van der Waals surface area contributed by atoms with E-state index in [4.69, 9.17) is 10.0 Å². The highest BCUT2D eigenvalue weighted by Gasteiger charge is 2.17. The predicted octanol–water partition coefficient (Wildman–Crippen LogP) is 0.721. The minimum absolute atomic E-state index is 0.822. The molecule has 1 unspecified atom stereocenters. The average Bonchev–Trinajstić information content (AvgIpc) is 2.14. The van der Waals surface area contributed by atoms with E-state index >= 15 is 0 Å². The first kappa shape index (κ1) is 7.40. The van der Waals surface area contributed by atoms with E-state index in [1.165, 1.54) is 0 Å². The second-order valence-electron chi connectivity index (χ2n) is 1.62. The van der Waals surface area contributed by atoms with Gasteiger partial charge in [0.05, 0.1) is 0 Å². The number of thiol groups is 1. The number of rotatable bonds is 1. The van der Waals surface area contributed by atoms with Crippen molar-refractivity contribution >= 4 is 33.1 Å². The van der Waals surface area contributed by atoms with Crippen molar-refractivity contribution in [3.05, 3.63) is 21.4 Å². The Bertz CT molecular complexity index is 168. The Kier molecular flexibility index (Phi) is 2.40. The minimum Gasteiger partial charge on any atom is -0.418 e. The van der Waals surface area contributed by atoms with Crippen molar-refractivity contribution in [1.29, 1.82) is 0 Å². The fourth-order valence-corrected chi connectivity index (χ4v) is 2.65. The summed E-state index contributed by atoms with van der Waals surface area (Å²) in [5.74, 6) is 0. The fourth-order valence-electron chi connectivity index (χ4n) is 0.529. The first-order valence-corrected chi connectivity index (χ1v) is 4.73. The summed E-state index contributed by atoms with van der Waals surface area (Å²) in [6.07, 6.45) is 0.622. The van der Waals surface area contributed by atoms with E-state index in [9.17, 15) is 0 Å². The van der Waals surface area contributed by atoms with Crippen LogP contribution in [0, 0.1) is 0 Å². The van der Waals surface area contributed by atoms with E-state index in [-0.39, 0.29) is 0 Å². The first-order chi connectivity index (χ1) is 4.20. The zero-order chi connectivity index (χ0) is 6.85. The van der Waals surface area contributed by atoms with Gasteiger partial charge < -0.3 is 10.0 Å². The summed E-state index contributed by atoms with van der Waals surface area (Å²) < 4.78 is 0.932. The largest absolute Gasteiger partial charge is 0.514 e. The lowest BCUT2D eigenvalue weighted by atomic mass is 10.4. The summed E-state index contributed by atoms with van der Waals surface area (Å²) in [5, 5.41) is 20.9. The lowest BCUT2D eigenvalue weighted by Gasteiger charge is -2.04. The van der Waals surface area contributed by atoms with Crippen LogP contribution in [0.15, 0.2) is 21.4 Å². The second-order valence-corrected chi connectivity index (χ2v) is 4.45. The Labute approximate surface area is 64.8 Å². The van der Waals surface area contributed by atoms with Crippen LogP contribution in [0.1, 0.15) is 0 Å². The van der Waals surface area contributed by atoms with Crippen LogP contribution in [0.25, 0.3) is 0 Å². The molecular formula is C4H6BBrO2S. The van der Waals surface area contributed by atoms with Crippen molar-refractivity contribution in [2.45, 2.75) is 0 Å². The highest BCUT2D eigenvalue weighted by Crippen LogP contribution is 2.38. The molecular weight excluding hydrogens is 203 g/mol. The van der Waals surface area contributed by atoms with Crippen LogP contribution < -0.4 is 0 Å². The molecule has 1 rings (SSSR count). The molecule has 0 saturated heterocycles. The van der Waals surface area contributed by atoms with Crippen molar-refractivity contribution < 1.29 is 10.0 Å². The summed E-state index contributed by atoms with van der Waals surface area (Å²) in [6, 6.07) is 0. The zero-order valence-electron chi connectivity index (χ0n) is 4.53. The van der Waals surface area contributed by atoms with Gasteiger partial charge in [0.15, 0.2) is 0 Å². The molecule has 2 nitrogen and oxygen atoms in total. The molecule has 0 spiro atoms. The van der Waals surface area contributed by atoms with E-state index < -0.39 is 17.1 Å². The summed E-state index contributed by atoms with van der Waals surface area (Å²) in [6.45, 7) is 0. The zero-order valence-corrected chi connectivity index (χ0v) is 7.01. The van der Waals surface area contributed by atoms with Gasteiger partial charge in [-0.15, -0.1) is 0 Å². The van der Waals surface area contributed by atoms with Gasteiger partial charge in [0.2, 0.25) is 0 Å². The lowest BCUT2D eigenvalue weighted by molar-refractivity contribution is 0.437. The van der Waals surface area contributed by atoms with Gasteiger partial charge in [0.25, 0.3) is 0 Å². The molecule has 0 fully saturated rings. The minimum atomic E-state index is -1.20. The first-order valence-electron chi connectivity index (χ1n) is 2.39. The van der Waals surface area contributed by atoms with Crippen molar-refractivity contribution in [2.24, 2.45) is 0 Å². The highest BCUT2D eigenvalue weighted by molar-refractivity contribution is 9.12. The van der Waals surface area contributed by atoms with E-state index in [0.717, 1.165) is 4.48 Å². The van der Waals surface area contributed by atoms with Crippen molar-refractivity contribution in [3.8, 4) is 0 Å². The number of allylic oxidation sites excluding steroid dienone is 2. The molecule has 2 N–H and O–H groups in total. The molecule has 1 atom stereocenters. The third kappa shape index (κ3) is 1.86. The fraction of sp³-hybridized carbons (Fsp3) is 0. The van der Waals surface area contributed by atoms with Gasteiger partial charge in [-0.2, -0.15) is 10.7 Å². The average molecular weight is 209 g/mol. The Morgan fingerprint density at radius 2 is 2.22 bits per heavy atom. The molecule has 50 valence electrons. The molecule has 1 aliphatic heterocycles. The van der Waals surface area contributed by atoms with E-state index in [2.05, 4.69) is 15.9 Å². The Hall–Kier alpha value is 0.295. The quantitative estimate of drug-likeness (QED) is 0.439. The molecule has 5 heteroatoms. The lowest BCUT2D eigenvalue weighted by Crippen LogP contribution is -2.07. The summed E-state index contributed by atoms with van der Waals surface area (Å²) in [5.41, 5.74) is 0. The van der Waals surface area contributed by atoms with Gasteiger partial charge >= 0.3 is 6.40 Å². The van der Waals surface area contributed by atoms with Crippen LogP contribution in [-0.2, 0) is 0 Å². The SMILES string of the molecule is OB(O)[SH]1C=CC(Br)=C1. The van der Waals surface area contributed by atoms with Gasteiger partial charge in [-0.3, -0.25) is 0 Å². The van der Waals surface area contributed by atoms with Crippen LogP contribution in [-0.4, -0.2) is 16.4 Å². The van der Waals surface area contributed by atoms with E-state index in [1.807, 2.05) is 6.08 Å².